The monoisotopic (exact) mass is 274 g/mol. The lowest BCUT2D eigenvalue weighted by molar-refractivity contribution is -0.145. The third-order valence-corrected chi connectivity index (χ3v) is 4.45. The molecule has 2 aliphatic rings. The van der Waals surface area contributed by atoms with Gasteiger partial charge in [0.1, 0.15) is 0 Å². The molecule has 5 heteroatoms. The number of carbonyl (C=O) groups excluding carboxylic acids is 1. The Balaban J connectivity index is 1.90. The second kappa shape index (κ2) is 4.59. The lowest BCUT2D eigenvalue weighted by Gasteiger charge is -2.43. The maximum atomic E-state index is 12.5. The van der Waals surface area contributed by atoms with Crippen LogP contribution in [0, 0.1) is 0 Å². The lowest BCUT2D eigenvalue weighted by atomic mass is 9.76. The number of carbonyl (C=O) groups is 2. The van der Waals surface area contributed by atoms with Crippen LogP contribution >= 0.6 is 0 Å². The summed E-state index contributed by atoms with van der Waals surface area (Å²) < 4.78 is 0. The van der Waals surface area contributed by atoms with Crippen LogP contribution in [0.25, 0.3) is 0 Å². The molecule has 1 heterocycles. The van der Waals surface area contributed by atoms with Gasteiger partial charge in [-0.3, -0.25) is 9.59 Å². The zero-order valence-electron chi connectivity index (χ0n) is 11.2. The molecular weight excluding hydrogens is 256 g/mol. The van der Waals surface area contributed by atoms with Crippen LogP contribution in [0.15, 0.2) is 24.3 Å². The SMILES string of the molecule is NC1(C(=O)N2Cc3ccccc3C(C(=O)O)C2)CCC1. The van der Waals surface area contributed by atoms with Gasteiger partial charge in [0.25, 0.3) is 0 Å². The number of amides is 1. The van der Waals surface area contributed by atoms with Crippen LogP contribution < -0.4 is 5.73 Å². The first kappa shape index (κ1) is 13.1. The molecule has 1 aliphatic carbocycles. The largest absolute Gasteiger partial charge is 0.481 e. The van der Waals surface area contributed by atoms with Crippen molar-refractivity contribution in [3.8, 4) is 0 Å². The van der Waals surface area contributed by atoms with E-state index < -0.39 is 17.4 Å². The van der Waals surface area contributed by atoms with Crippen LogP contribution in [-0.2, 0) is 16.1 Å². The Hall–Kier alpha value is -1.88. The second-order valence-corrected chi connectivity index (χ2v) is 5.79. The van der Waals surface area contributed by atoms with Crippen molar-refractivity contribution in [1.82, 2.24) is 4.90 Å². The molecule has 3 N–H and O–H groups in total. The van der Waals surface area contributed by atoms with Crippen LogP contribution in [0.4, 0.5) is 0 Å². The van der Waals surface area contributed by atoms with Crippen LogP contribution in [0.3, 0.4) is 0 Å². The molecule has 1 aromatic carbocycles. The molecule has 0 bridgehead atoms. The lowest BCUT2D eigenvalue weighted by Crippen LogP contribution is -2.60. The normalized spacial score (nSPS) is 23.6. The molecule has 1 saturated carbocycles. The van der Waals surface area contributed by atoms with Gasteiger partial charge in [-0.05, 0) is 30.4 Å². The highest BCUT2D eigenvalue weighted by molar-refractivity contribution is 5.88. The molecule has 0 saturated heterocycles. The quantitative estimate of drug-likeness (QED) is 0.845. The van der Waals surface area contributed by atoms with E-state index in [1.165, 1.54) is 0 Å². The third kappa shape index (κ3) is 1.98. The van der Waals surface area contributed by atoms with E-state index in [1.54, 1.807) is 4.90 Å². The average molecular weight is 274 g/mol. The van der Waals surface area contributed by atoms with Crippen LogP contribution in [0.1, 0.15) is 36.3 Å². The summed E-state index contributed by atoms with van der Waals surface area (Å²) in [7, 11) is 0. The van der Waals surface area contributed by atoms with Gasteiger partial charge < -0.3 is 15.7 Å². The number of aliphatic carboxylic acids is 1. The van der Waals surface area contributed by atoms with Gasteiger partial charge in [0.2, 0.25) is 5.91 Å². The maximum Gasteiger partial charge on any atom is 0.312 e. The highest BCUT2D eigenvalue weighted by Crippen LogP contribution is 2.35. The summed E-state index contributed by atoms with van der Waals surface area (Å²) in [6, 6.07) is 7.42. The van der Waals surface area contributed by atoms with Crippen molar-refractivity contribution in [3.05, 3.63) is 35.4 Å². The minimum atomic E-state index is -0.894. The number of hydrogen-bond acceptors (Lipinski definition) is 3. The van der Waals surface area contributed by atoms with Gasteiger partial charge in [0, 0.05) is 13.1 Å². The molecular formula is C15H18N2O3. The molecule has 20 heavy (non-hydrogen) atoms. The Morgan fingerprint density at radius 3 is 2.60 bits per heavy atom. The number of benzene rings is 1. The predicted octanol–water partition coefficient (Wildman–Crippen LogP) is 1.08. The van der Waals surface area contributed by atoms with Gasteiger partial charge in [-0.25, -0.2) is 0 Å². The number of nitrogens with zero attached hydrogens (tertiary/aromatic N) is 1. The van der Waals surface area contributed by atoms with Crippen molar-refractivity contribution in [2.24, 2.45) is 5.73 Å². The summed E-state index contributed by atoms with van der Waals surface area (Å²) in [6.45, 7) is 0.669. The predicted molar refractivity (Wildman–Crippen MR) is 73.0 cm³/mol. The Morgan fingerprint density at radius 2 is 2.00 bits per heavy atom. The zero-order valence-corrected chi connectivity index (χ0v) is 11.2. The van der Waals surface area contributed by atoms with E-state index in [2.05, 4.69) is 0 Å². The second-order valence-electron chi connectivity index (χ2n) is 5.79. The molecule has 1 unspecified atom stereocenters. The summed E-state index contributed by atoms with van der Waals surface area (Å²) in [5, 5.41) is 9.39. The summed E-state index contributed by atoms with van der Waals surface area (Å²) in [5.74, 6) is -1.66. The minimum Gasteiger partial charge on any atom is -0.481 e. The fourth-order valence-electron chi connectivity index (χ4n) is 3.06. The molecule has 0 aromatic heterocycles. The fourth-order valence-corrected chi connectivity index (χ4v) is 3.06. The van der Waals surface area contributed by atoms with E-state index in [4.69, 9.17) is 5.73 Å². The molecule has 1 amide bonds. The molecule has 0 spiro atoms. The average Bonchev–Trinajstić information content (AvgIpc) is 2.42. The van der Waals surface area contributed by atoms with Crippen molar-refractivity contribution >= 4 is 11.9 Å². The summed E-state index contributed by atoms with van der Waals surface area (Å²) in [4.78, 5) is 25.5. The summed E-state index contributed by atoms with van der Waals surface area (Å²) >= 11 is 0. The van der Waals surface area contributed by atoms with Crippen molar-refractivity contribution in [1.29, 1.82) is 0 Å². The van der Waals surface area contributed by atoms with Gasteiger partial charge >= 0.3 is 5.97 Å². The Kier molecular flexibility index (Phi) is 3.01. The molecule has 1 aromatic rings. The fraction of sp³-hybridized carbons (Fsp3) is 0.467. The first-order valence-electron chi connectivity index (χ1n) is 6.90. The van der Waals surface area contributed by atoms with Crippen molar-refractivity contribution in [2.45, 2.75) is 37.3 Å². The van der Waals surface area contributed by atoms with Crippen molar-refractivity contribution in [2.75, 3.05) is 6.54 Å². The number of nitrogens with two attached hydrogens (primary N) is 1. The molecule has 1 aliphatic heterocycles. The van der Waals surface area contributed by atoms with E-state index in [1.807, 2.05) is 24.3 Å². The van der Waals surface area contributed by atoms with Gasteiger partial charge in [0.05, 0.1) is 11.5 Å². The standard InChI is InChI=1S/C15H18N2O3/c16-15(6-3-7-15)14(20)17-8-10-4-1-2-5-11(10)12(9-17)13(18)19/h1-2,4-5,12H,3,6-9,16H2,(H,18,19). The van der Waals surface area contributed by atoms with E-state index in [0.29, 0.717) is 19.4 Å². The first-order valence-corrected chi connectivity index (χ1v) is 6.90. The topological polar surface area (TPSA) is 83.6 Å². The van der Waals surface area contributed by atoms with Crippen LogP contribution in [0.5, 0.6) is 0 Å². The number of carboxylic acid groups (broad SMARTS) is 1. The zero-order chi connectivity index (χ0) is 14.3. The Morgan fingerprint density at radius 1 is 1.30 bits per heavy atom. The number of rotatable bonds is 2. The summed E-state index contributed by atoms with van der Waals surface area (Å²) in [5.41, 5.74) is 7.03. The van der Waals surface area contributed by atoms with Crippen molar-refractivity contribution in [3.63, 3.8) is 0 Å². The van der Waals surface area contributed by atoms with Crippen LogP contribution in [0.2, 0.25) is 0 Å². The number of hydrogen-bond donors (Lipinski definition) is 2. The third-order valence-electron chi connectivity index (χ3n) is 4.45. The molecule has 106 valence electrons. The molecule has 0 radical (unpaired) electrons. The highest BCUT2D eigenvalue weighted by Gasteiger charge is 2.44. The van der Waals surface area contributed by atoms with E-state index in [9.17, 15) is 14.7 Å². The minimum absolute atomic E-state index is 0.107. The highest BCUT2D eigenvalue weighted by atomic mass is 16.4. The Labute approximate surface area is 117 Å². The number of fused-ring (bicyclic) bond motifs is 1. The molecule has 1 fully saturated rings. The smallest absolute Gasteiger partial charge is 0.312 e. The van der Waals surface area contributed by atoms with Gasteiger partial charge in [-0.2, -0.15) is 0 Å². The first-order chi connectivity index (χ1) is 9.51. The van der Waals surface area contributed by atoms with Gasteiger partial charge in [-0.15, -0.1) is 0 Å². The maximum absolute atomic E-state index is 12.5. The summed E-state index contributed by atoms with van der Waals surface area (Å²) in [6.07, 6.45) is 2.36. The van der Waals surface area contributed by atoms with Crippen LogP contribution in [-0.4, -0.2) is 34.0 Å². The molecule has 1 atom stereocenters. The Bertz CT molecular complexity index is 566. The van der Waals surface area contributed by atoms with Crippen molar-refractivity contribution < 1.29 is 14.7 Å². The van der Waals surface area contributed by atoms with E-state index in [-0.39, 0.29) is 12.5 Å². The van der Waals surface area contributed by atoms with Gasteiger partial charge in [-0.1, -0.05) is 24.3 Å². The van der Waals surface area contributed by atoms with E-state index in [0.717, 1.165) is 17.5 Å². The molecule has 3 rings (SSSR count). The number of carboxylic acids is 1. The van der Waals surface area contributed by atoms with Gasteiger partial charge in [0.15, 0.2) is 0 Å². The molecule has 5 nitrogen and oxygen atoms in total. The van der Waals surface area contributed by atoms with E-state index >= 15 is 0 Å².